The number of piperidine rings is 1. The predicted octanol–water partition coefficient (Wildman–Crippen LogP) is 2.92. The number of hydrogen-bond donors (Lipinski definition) is 2. The molecular weight excluding hydrogens is 308 g/mol. The van der Waals surface area contributed by atoms with E-state index in [1.54, 1.807) is 11.3 Å². The maximum Gasteiger partial charge on any atom is 0.315 e. The van der Waals surface area contributed by atoms with E-state index in [2.05, 4.69) is 44.8 Å². The van der Waals surface area contributed by atoms with E-state index in [0.29, 0.717) is 6.54 Å². The van der Waals surface area contributed by atoms with Crippen LogP contribution in [0.5, 0.6) is 0 Å². The average Bonchev–Trinajstić information content (AvgIpc) is 2.99. The highest BCUT2D eigenvalue weighted by Gasteiger charge is 2.21. The number of aromatic nitrogens is 1. The van der Waals surface area contributed by atoms with Crippen molar-refractivity contribution in [2.45, 2.75) is 32.4 Å². The molecule has 0 aliphatic carbocycles. The van der Waals surface area contributed by atoms with Gasteiger partial charge in [-0.1, -0.05) is 18.2 Å². The standard InChI is InChI=1S/C17H22N4OS/c1-13-16(23-12-19-13)10-18-17(22)20-14-6-5-9-21(11-14)15-7-3-2-4-8-15/h2-4,7-8,12,14H,5-6,9-11H2,1H3,(H2,18,20,22). The van der Waals surface area contributed by atoms with Crippen molar-refractivity contribution in [3.63, 3.8) is 0 Å². The Bertz CT molecular complexity index is 643. The number of anilines is 1. The van der Waals surface area contributed by atoms with Gasteiger partial charge in [-0.25, -0.2) is 9.78 Å². The number of carbonyl (C=O) groups is 1. The Morgan fingerprint density at radius 2 is 2.22 bits per heavy atom. The first-order chi connectivity index (χ1) is 11.2. The number of carbonyl (C=O) groups excluding carboxylic acids is 1. The number of urea groups is 1. The molecule has 1 aliphatic rings. The van der Waals surface area contributed by atoms with Crippen LogP contribution in [0.3, 0.4) is 0 Å². The summed E-state index contributed by atoms with van der Waals surface area (Å²) >= 11 is 1.57. The summed E-state index contributed by atoms with van der Waals surface area (Å²) in [4.78, 5) is 19.7. The zero-order chi connectivity index (χ0) is 16.1. The van der Waals surface area contributed by atoms with E-state index in [-0.39, 0.29) is 12.1 Å². The Labute approximate surface area is 140 Å². The molecule has 1 aliphatic heterocycles. The molecule has 0 bridgehead atoms. The second kappa shape index (κ2) is 7.46. The largest absolute Gasteiger partial charge is 0.369 e. The summed E-state index contributed by atoms with van der Waals surface area (Å²) in [6.07, 6.45) is 2.12. The highest BCUT2D eigenvalue weighted by atomic mass is 32.1. The zero-order valence-electron chi connectivity index (χ0n) is 13.3. The van der Waals surface area contributed by atoms with Crippen molar-refractivity contribution < 1.29 is 4.79 Å². The molecule has 6 heteroatoms. The fourth-order valence-electron chi connectivity index (χ4n) is 2.86. The quantitative estimate of drug-likeness (QED) is 0.906. The molecule has 122 valence electrons. The van der Waals surface area contributed by atoms with E-state index in [1.165, 1.54) is 5.69 Å². The van der Waals surface area contributed by atoms with Gasteiger partial charge in [0.15, 0.2) is 0 Å². The van der Waals surface area contributed by atoms with E-state index in [0.717, 1.165) is 36.5 Å². The summed E-state index contributed by atoms with van der Waals surface area (Å²) in [5.41, 5.74) is 4.02. The molecule has 1 aromatic heterocycles. The Kier molecular flexibility index (Phi) is 5.12. The van der Waals surface area contributed by atoms with Gasteiger partial charge in [0.2, 0.25) is 0 Å². The molecule has 2 amide bonds. The number of benzene rings is 1. The van der Waals surface area contributed by atoms with Gasteiger partial charge in [-0.3, -0.25) is 0 Å². The van der Waals surface area contributed by atoms with Crippen LogP contribution >= 0.6 is 11.3 Å². The number of rotatable bonds is 4. The molecule has 0 radical (unpaired) electrons. The first-order valence-electron chi connectivity index (χ1n) is 7.95. The number of aryl methyl sites for hydroxylation is 1. The molecule has 0 saturated carbocycles. The number of para-hydroxylation sites is 1. The van der Waals surface area contributed by atoms with E-state index in [9.17, 15) is 4.79 Å². The van der Waals surface area contributed by atoms with Gasteiger partial charge in [0, 0.05) is 29.7 Å². The predicted molar refractivity (Wildman–Crippen MR) is 93.9 cm³/mol. The minimum absolute atomic E-state index is 0.0993. The lowest BCUT2D eigenvalue weighted by atomic mass is 10.1. The molecule has 5 nitrogen and oxygen atoms in total. The van der Waals surface area contributed by atoms with E-state index in [1.807, 2.05) is 18.5 Å². The number of nitrogens with zero attached hydrogens (tertiary/aromatic N) is 2. The highest BCUT2D eigenvalue weighted by Crippen LogP contribution is 2.19. The molecule has 0 spiro atoms. The summed E-state index contributed by atoms with van der Waals surface area (Å²) in [6.45, 7) is 4.41. The van der Waals surface area contributed by atoms with Gasteiger partial charge >= 0.3 is 6.03 Å². The van der Waals surface area contributed by atoms with Crippen molar-refractivity contribution in [3.05, 3.63) is 46.4 Å². The number of thiazole rings is 1. The van der Waals surface area contributed by atoms with Gasteiger partial charge in [-0.2, -0.15) is 0 Å². The monoisotopic (exact) mass is 330 g/mol. The van der Waals surface area contributed by atoms with E-state index in [4.69, 9.17) is 0 Å². The molecule has 1 aromatic carbocycles. The van der Waals surface area contributed by atoms with Crippen LogP contribution in [-0.4, -0.2) is 30.1 Å². The van der Waals surface area contributed by atoms with Gasteiger partial charge in [0.05, 0.1) is 17.7 Å². The van der Waals surface area contributed by atoms with Crippen LogP contribution < -0.4 is 15.5 Å². The zero-order valence-corrected chi connectivity index (χ0v) is 14.1. The first-order valence-corrected chi connectivity index (χ1v) is 8.83. The molecule has 3 rings (SSSR count). The van der Waals surface area contributed by atoms with Crippen LogP contribution in [0.25, 0.3) is 0 Å². The molecule has 2 N–H and O–H groups in total. The van der Waals surface area contributed by atoms with Crippen molar-refractivity contribution >= 4 is 23.1 Å². The molecule has 1 saturated heterocycles. The lowest BCUT2D eigenvalue weighted by Gasteiger charge is -2.34. The van der Waals surface area contributed by atoms with E-state index >= 15 is 0 Å². The lowest BCUT2D eigenvalue weighted by Crippen LogP contribution is -2.50. The molecule has 1 unspecified atom stereocenters. The minimum atomic E-state index is -0.0993. The third-order valence-electron chi connectivity index (χ3n) is 4.13. The Hall–Kier alpha value is -2.08. The van der Waals surface area contributed by atoms with Crippen molar-refractivity contribution in [1.82, 2.24) is 15.6 Å². The Morgan fingerprint density at radius 3 is 2.96 bits per heavy atom. The van der Waals surface area contributed by atoms with Crippen LogP contribution in [0.1, 0.15) is 23.4 Å². The van der Waals surface area contributed by atoms with Crippen molar-refractivity contribution in [1.29, 1.82) is 0 Å². The van der Waals surface area contributed by atoms with Crippen LogP contribution in [0.4, 0.5) is 10.5 Å². The highest BCUT2D eigenvalue weighted by molar-refractivity contribution is 7.09. The summed E-state index contributed by atoms with van der Waals surface area (Å²) in [5.74, 6) is 0. The van der Waals surface area contributed by atoms with Crippen molar-refractivity contribution in [2.75, 3.05) is 18.0 Å². The van der Waals surface area contributed by atoms with Gasteiger partial charge in [0.25, 0.3) is 0 Å². The van der Waals surface area contributed by atoms with E-state index < -0.39 is 0 Å². The summed E-state index contributed by atoms with van der Waals surface area (Å²) in [5, 5.41) is 6.02. The summed E-state index contributed by atoms with van der Waals surface area (Å²) < 4.78 is 0. The molecular formula is C17H22N4OS. The molecule has 2 heterocycles. The maximum absolute atomic E-state index is 12.1. The van der Waals surface area contributed by atoms with Gasteiger partial charge in [-0.05, 0) is 31.9 Å². The lowest BCUT2D eigenvalue weighted by molar-refractivity contribution is 0.234. The fraction of sp³-hybridized carbons (Fsp3) is 0.412. The second-order valence-electron chi connectivity index (χ2n) is 5.81. The third kappa shape index (κ3) is 4.22. The van der Waals surface area contributed by atoms with Crippen molar-refractivity contribution in [3.8, 4) is 0 Å². The minimum Gasteiger partial charge on any atom is -0.369 e. The van der Waals surface area contributed by atoms with Gasteiger partial charge in [0.1, 0.15) is 0 Å². The smallest absolute Gasteiger partial charge is 0.315 e. The summed E-state index contributed by atoms with van der Waals surface area (Å²) in [6, 6.07) is 10.5. The Morgan fingerprint density at radius 1 is 1.39 bits per heavy atom. The molecule has 1 fully saturated rings. The molecule has 2 aromatic rings. The average molecular weight is 330 g/mol. The van der Waals surface area contributed by atoms with Crippen molar-refractivity contribution in [2.24, 2.45) is 0 Å². The normalized spacial score (nSPS) is 17.8. The van der Waals surface area contributed by atoms with Gasteiger partial charge in [-0.15, -0.1) is 11.3 Å². The first kappa shape index (κ1) is 15.8. The van der Waals surface area contributed by atoms with Crippen LogP contribution in [0.2, 0.25) is 0 Å². The SMILES string of the molecule is Cc1ncsc1CNC(=O)NC1CCCN(c2ccccc2)C1. The fourth-order valence-corrected chi connectivity index (χ4v) is 3.58. The Balaban J connectivity index is 1.49. The number of amides is 2. The molecule has 1 atom stereocenters. The van der Waals surface area contributed by atoms with Crippen LogP contribution in [0.15, 0.2) is 35.8 Å². The second-order valence-corrected chi connectivity index (χ2v) is 6.75. The number of hydrogen-bond acceptors (Lipinski definition) is 4. The number of nitrogens with one attached hydrogen (secondary N) is 2. The molecule has 23 heavy (non-hydrogen) atoms. The third-order valence-corrected chi connectivity index (χ3v) is 5.07. The van der Waals surface area contributed by atoms with Crippen LogP contribution in [-0.2, 0) is 6.54 Å². The van der Waals surface area contributed by atoms with Gasteiger partial charge < -0.3 is 15.5 Å². The topological polar surface area (TPSA) is 57.3 Å². The maximum atomic E-state index is 12.1. The van der Waals surface area contributed by atoms with Crippen LogP contribution in [0, 0.1) is 6.92 Å². The summed E-state index contributed by atoms with van der Waals surface area (Å²) in [7, 11) is 0.